The lowest BCUT2D eigenvalue weighted by molar-refractivity contribution is 0.0531. The molecule has 106 valence electrons. The summed E-state index contributed by atoms with van der Waals surface area (Å²) in [5.41, 5.74) is 1.10. The molecule has 2 rings (SSSR count). The molecule has 0 saturated carbocycles. The fourth-order valence-electron chi connectivity index (χ4n) is 1.67. The van der Waals surface area contributed by atoms with Crippen LogP contribution in [0.5, 0.6) is 0 Å². The molecule has 2 aromatic rings. The Kier molecular flexibility index (Phi) is 6.13. The molecule has 1 N–H and O–H groups in total. The zero-order valence-corrected chi connectivity index (χ0v) is 12.3. The van der Waals surface area contributed by atoms with Crippen LogP contribution in [0.4, 0.5) is 0 Å². The van der Waals surface area contributed by atoms with E-state index in [0.29, 0.717) is 0 Å². The minimum absolute atomic E-state index is 0.121. The highest BCUT2D eigenvalue weighted by Gasteiger charge is 2.18. The van der Waals surface area contributed by atoms with E-state index in [1.165, 1.54) is 0 Å². The molecule has 0 heterocycles. The van der Waals surface area contributed by atoms with Crippen LogP contribution in [0.15, 0.2) is 60.7 Å². The fourth-order valence-corrected chi connectivity index (χ4v) is 1.67. The van der Waals surface area contributed by atoms with Crippen LogP contribution in [0.1, 0.15) is 43.1 Å². The average molecular weight is 270 g/mol. The van der Waals surface area contributed by atoms with E-state index in [1.807, 2.05) is 74.5 Å². The molecule has 0 aliphatic rings. The monoisotopic (exact) mass is 270 g/mol. The van der Waals surface area contributed by atoms with Crippen LogP contribution in [0.2, 0.25) is 0 Å². The highest BCUT2D eigenvalue weighted by molar-refractivity contribution is 5.93. The molecule has 0 aliphatic heterocycles. The van der Waals surface area contributed by atoms with Crippen LogP contribution in [0.25, 0.3) is 0 Å². The van der Waals surface area contributed by atoms with Gasteiger partial charge in [-0.3, -0.25) is 4.79 Å². The zero-order chi connectivity index (χ0) is 15.0. The first-order valence-corrected chi connectivity index (χ1v) is 6.81. The maximum atomic E-state index is 10.6. The second-order valence-corrected chi connectivity index (χ2v) is 4.92. The number of hydrogen-bond donors (Lipinski definition) is 1. The van der Waals surface area contributed by atoms with Crippen LogP contribution in [0.3, 0.4) is 0 Å². The lowest BCUT2D eigenvalue weighted by atomic mass is 9.94. The first-order valence-electron chi connectivity index (χ1n) is 6.81. The van der Waals surface area contributed by atoms with E-state index in [-0.39, 0.29) is 5.78 Å². The molecule has 0 saturated heterocycles. The number of hydrogen-bond acceptors (Lipinski definition) is 2. The first kappa shape index (κ1) is 16.1. The lowest BCUT2D eigenvalue weighted by Crippen LogP contribution is -2.19. The van der Waals surface area contributed by atoms with E-state index in [9.17, 15) is 9.90 Å². The Morgan fingerprint density at radius 3 is 1.80 bits per heavy atom. The van der Waals surface area contributed by atoms with E-state index in [2.05, 4.69) is 0 Å². The van der Waals surface area contributed by atoms with Crippen LogP contribution in [0, 0.1) is 0 Å². The number of Topliss-reactive ketones (excluding diaryl/α,β-unsaturated/α-hetero) is 1. The van der Waals surface area contributed by atoms with Crippen molar-refractivity contribution in [3.05, 3.63) is 71.8 Å². The van der Waals surface area contributed by atoms with Crippen molar-refractivity contribution in [2.45, 2.75) is 32.8 Å². The molecular formula is C18H22O2. The average Bonchev–Trinajstić information content (AvgIpc) is 2.49. The van der Waals surface area contributed by atoms with Gasteiger partial charge in [0.05, 0.1) is 5.60 Å². The predicted molar refractivity (Wildman–Crippen MR) is 82.8 cm³/mol. The van der Waals surface area contributed by atoms with Gasteiger partial charge in [-0.2, -0.15) is 0 Å². The molecule has 0 bridgehead atoms. The first-order chi connectivity index (χ1) is 9.47. The smallest absolute Gasteiger partial charge is 0.159 e. The van der Waals surface area contributed by atoms with Gasteiger partial charge in [0.25, 0.3) is 0 Å². The summed E-state index contributed by atoms with van der Waals surface area (Å²) in [6.45, 7) is 5.38. The summed E-state index contributed by atoms with van der Waals surface area (Å²) >= 11 is 0. The Balaban J connectivity index is 0.000000204. The van der Waals surface area contributed by atoms with E-state index >= 15 is 0 Å². The van der Waals surface area contributed by atoms with E-state index in [0.717, 1.165) is 17.5 Å². The van der Waals surface area contributed by atoms with Crippen molar-refractivity contribution in [1.82, 2.24) is 0 Å². The molecule has 0 amide bonds. The molecule has 2 nitrogen and oxygen atoms in total. The highest BCUT2D eigenvalue weighted by atomic mass is 16.3. The Hall–Kier alpha value is -1.93. The number of rotatable bonds is 3. The Bertz CT molecular complexity index is 516. The van der Waals surface area contributed by atoms with E-state index < -0.39 is 5.60 Å². The largest absolute Gasteiger partial charge is 0.385 e. The molecule has 20 heavy (non-hydrogen) atoms. The quantitative estimate of drug-likeness (QED) is 0.849. The third kappa shape index (κ3) is 4.98. The van der Waals surface area contributed by atoms with Crippen LogP contribution >= 0.6 is 0 Å². The highest BCUT2D eigenvalue weighted by Crippen LogP contribution is 2.22. The standard InChI is InChI=1S/C10H14O.C8H8O/c1-3-10(2,11)9-7-5-4-6-8-9;1-7(9)8-5-3-2-4-6-8/h4-8,11H,3H2,1-2H3;2-6H,1H3/t10-;/m1./s1. The molecule has 0 unspecified atom stereocenters. The molecule has 0 aliphatic carbocycles. The van der Waals surface area contributed by atoms with Gasteiger partial charge in [0.15, 0.2) is 5.78 Å². The molecule has 2 aromatic carbocycles. The van der Waals surface area contributed by atoms with Crippen LogP contribution in [-0.2, 0) is 5.60 Å². The summed E-state index contributed by atoms with van der Waals surface area (Å²) in [4.78, 5) is 10.6. The fraction of sp³-hybridized carbons (Fsp3) is 0.278. The predicted octanol–water partition coefficient (Wildman–Crippen LogP) is 4.19. The maximum absolute atomic E-state index is 10.6. The number of benzene rings is 2. The summed E-state index contributed by atoms with van der Waals surface area (Å²) in [6, 6.07) is 19.0. The molecule has 2 heteroatoms. The Labute approximate surface area is 121 Å². The van der Waals surface area contributed by atoms with Gasteiger partial charge >= 0.3 is 0 Å². The van der Waals surface area contributed by atoms with Crippen molar-refractivity contribution in [1.29, 1.82) is 0 Å². The van der Waals surface area contributed by atoms with Gasteiger partial charge in [-0.1, -0.05) is 67.6 Å². The van der Waals surface area contributed by atoms with Crippen LogP contribution < -0.4 is 0 Å². The van der Waals surface area contributed by atoms with E-state index in [1.54, 1.807) is 6.92 Å². The van der Waals surface area contributed by atoms with Crippen molar-refractivity contribution in [2.75, 3.05) is 0 Å². The topological polar surface area (TPSA) is 37.3 Å². The summed E-state index contributed by atoms with van der Waals surface area (Å²) in [5, 5.41) is 9.79. The maximum Gasteiger partial charge on any atom is 0.159 e. The van der Waals surface area contributed by atoms with Crippen LogP contribution in [-0.4, -0.2) is 10.9 Å². The van der Waals surface area contributed by atoms with Gasteiger partial charge < -0.3 is 5.11 Å². The van der Waals surface area contributed by atoms with Gasteiger partial charge in [-0.15, -0.1) is 0 Å². The second kappa shape index (κ2) is 7.61. The second-order valence-electron chi connectivity index (χ2n) is 4.92. The van der Waals surface area contributed by atoms with Crippen molar-refractivity contribution in [3.63, 3.8) is 0 Å². The molecule has 0 spiro atoms. The number of aliphatic hydroxyl groups is 1. The molecule has 1 atom stereocenters. The summed E-state index contributed by atoms with van der Waals surface area (Å²) < 4.78 is 0. The van der Waals surface area contributed by atoms with Crippen molar-refractivity contribution < 1.29 is 9.90 Å². The van der Waals surface area contributed by atoms with Gasteiger partial charge in [0.2, 0.25) is 0 Å². The van der Waals surface area contributed by atoms with Gasteiger partial charge in [-0.25, -0.2) is 0 Å². The summed E-state index contributed by atoms with van der Waals surface area (Å²) in [7, 11) is 0. The number of ketones is 1. The minimum atomic E-state index is -0.665. The zero-order valence-electron chi connectivity index (χ0n) is 12.3. The minimum Gasteiger partial charge on any atom is -0.385 e. The normalized spacial score (nSPS) is 12.8. The van der Waals surface area contributed by atoms with Gasteiger partial charge in [-0.05, 0) is 25.8 Å². The summed E-state index contributed by atoms with van der Waals surface area (Å²) in [5.74, 6) is 0.121. The number of carbonyl (C=O) groups excluding carboxylic acids is 1. The summed E-state index contributed by atoms with van der Waals surface area (Å²) in [6.07, 6.45) is 0.747. The van der Waals surface area contributed by atoms with Gasteiger partial charge in [0, 0.05) is 5.56 Å². The molecular weight excluding hydrogens is 248 g/mol. The third-order valence-corrected chi connectivity index (χ3v) is 3.26. The molecule has 0 fully saturated rings. The SMILES string of the molecule is CC(=O)c1ccccc1.CC[C@@](C)(O)c1ccccc1. The molecule has 0 radical (unpaired) electrons. The lowest BCUT2D eigenvalue weighted by Gasteiger charge is -2.21. The van der Waals surface area contributed by atoms with E-state index in [4.69, 9.17) is 0 Å². The van der Waals surface area contributed by atoms with Crippen molar-refractivity contribution in [2.24, 2.45) is 0 Å². The van der Waals surface area contributed by atoms with Gasteiger partial charge in [0.1, 0.15) is 0 Å². The Morgan fingerprint density at radius 2 is 1.45 bits per heavy atom. The molecule has 0 aromatic heterocycles. The third-order valence-electron chi connectivity index (χ3n) is 3.26. The van der Waals surface area contributed by atoms with Crippen molar-refractivity contribution in [3.8, 4) is 0 Å². The Morgan fingerprint density at radius 1 is 1.00 bits per heavy atom. The number of carbonyl (C=O) groups is 1. The van der Waals surface area contributed by atoms with Crippen molar-refractivity contribution >= 4 is 5.78 Å².